The fourth-order valence-electron chi connectivity index (χ4n) is 4.47. The quantitative estimate of drug-likeness (QED) is 0.671. The number of nitrogens with two attached hydrogens (primary N) is 1. The molecule has 0 bridgehead atoms. The van der Waals surface area contributed by atoms with E-state index in [1.54, 1.807) is 6.92 Å². The maximum atomic E-state index is 13.2. The first-order valence-corrected chi connectivity index (χ1v) is 12.2. The predicted molar refractivity (Wildman–Crippen MR) is 112 cm³/mol. The number of benzene rings is 1. The lowest BCUT2D eigenvalue weighted by Gasteiger charge is -2.31. The number of nitrogens with one attached hydrogen (secondary N) is 1. The molecule has 4 rings (SSSR count). The summed E-state index contributed by atoms with van der Waals surface area (Å²) in [4.78, 5) is 17.8. The Labute approximate surface area is 181 Å². The summed E-state index contributed by atoms with van der Waals surface area (Å²) in [6.45, 7) is 2.29. The highest BCUT2D eigenvalue weighted by atomic mass is 32.2. The fourth-order valence-corrected chi connectivity index (χ4v) is 5.23. The fraction of sp³-hybridized carbons (Fsp3) is 0.571. The minimum absolute atomic E-state index is 0.00704. The number of amides is 1. The van der Waals surface area contributed by atoms with E-state index in [-0.39, 0.29) is 16.9 Å². The molecule has 0 spiro atoms. The van der Waals surface area contributed by atoms with Gasteiger partial charge in [0.1, 0.15) is 11.6 Å². The Morgan fingerprint density at radius 2 is 1.94 bits per heavy atom. The van der Waals surface area contributed by atoms with Crippen molar-refractivity contribution in [2.24, 2.45) is 5.14 Å². The van der Waals surface area contributed by atoms with Crippen molar-refractivity contribution in [2.75, 3.05) is 6.61 Å². The summed E-state index contributed by atoms with van der Waals surface area (Å²) >= 11 is 0. The molecule has 9 nitrogen and oxygen atoms in total. The monoisotopic (exact) mass is 448 g/mol. The third-order valence-electron chi connectivity index (χ3n) is 6.13. The van der Waals surface area contributed by atoms with Gasteiger partial charge >= 0.3 is 0 Å². The van der Waals surface area contributed by atoms with Crippen molar-refractivity contribution in [2.45, 2.75) is 74.8 Å². The van der Waals surface area contributed by atoms with Crippen LogP contribution in [0.15, 0.2) is 27.6 Å². The maximum Gasteiger partial charge on any atom is 0.255 e. The van der Waals surface area contributed by atoms with Crippen LogP contribution in [0.4, 0.5) is 0 Å². The summed E-state index contributed by atoms with van der Waals surface area (Å²) in [7, 11) is -3.84. The molecule has 1 aliphatic carbocycles. The van der Waals surface area contributed by atoms with Crippen molar-refractivity contribution < 1.29 is 22.5 Å². The lowest BCUT2D eigenvalue weighted by atomic mass is 9.88. The summed E-state index contributed by atoms with van der Waals surface area (Å²) in [5.41, 5.74) is 0.0437. The molecule has 168 valence electrons. The summed E-state index contributed by atoms with van der Waals surface area (Å²) in [5.74, 6) is 0.624. The first-order chi connectivity index (χ1) is 14.8. The Morgan fingerprint density at radius 1 is 1.19 bits per heavy atom. The minimum atomic E-state index is -3.84. The van der Waals surface area contributed by atoms with Crippen LogP contribution in [0.3, 0.4) is 0 Å². The molecule has 2 fully saturated rings. The lowest BCUT2D eigenvalue weighted by molar-refractivity contribution is 0.0833. The van der Waals surface area contributed by atoms with Crippen LogP contribution in [0, 0.1) is 6.92 Å². The van der Waals surface area contributed by atoms with E-state index in [1.807, 2.05) is 0 Å². The number of aromatic nitrogens is 2. The van der Waals surface area contributed by atoms with E-state index in [9.17, 15) is 13.2 Å². The number of nitrogens with zero attached hydrogens (tertiary/aromatic N) is 2. The van der Waals surface area contributed by atoms with Gasteiger partial charge in [-0.05, 0) is 56.4 Å². The number of hydrogen-bond acceptors (Lipinski definition) is 7. The minimum Gasteiger partial charge on any atom is -0.368 e. The van der Waals surface area contributed by atoms with Crippen molar-refractivity contribution in [3.8, 4) is 0 Å². The predicted octanol–water partition coefficient (Wildman–Crippen LogP) is 2.86. The molecule has 31 heavy (non-hydrogen) atoms. The van der Waals surface area contributed by atoms with Crippen LogP contribution in [-0.2, 0) is 20.3 Å². The first-order valence-electron chi connectivity index (χ1n) is 10.7. The van der Waals surface area contributed by atoms with E-state index in [1.165, 1.54) is 18.2 Å². The van der Waals surface area contributed by atoms with E-state index >= 15 is 0 Å². The Morgan fingerprint density at radius 3 is 2.55 bits per heavy atom. The number of aryl methyl sites for hydroxylation is 1. The van der Waals surface area contributed by atoms with Crippen molar-refractivity contribution in [1.29, 1.82) is 0 Å². The zero-order valence-corrected chi connectivity index (χ0v) is 18.4. The third-order valence-corrected chi connectivity index (χ3v) is 7.20. The average Bonchev–Trinajstić information content (AvgIpc) is 3.37. The van der Waals surface area contributed by atoms with Crippen LogP contribution >= 0.6 is 0 Å². The molecule has 1 atom stereocenters. The van der Waals surface area contributed by atoms with Crippen LogP contribution in [0.2, 0.25) is 0 Å². The normalized spacial score (nSPS) is 21.5. The van der Waals surface area contributed by atoms with Gasteiger partial charge < -0.3 is 14.6 Å². The van der Waals surface area contributed by atoms with Crippen molar-refractivity contribution in [1.82, 2.24) is 15.5 Å². The molecule has 1 unspecified atom stereocenters. The molecule has 1 aromatic heterocycles. The van der Waals surface area contributed by atoms with E-state index in [0.29, 0.717) is 42.3 Å². The summed E-state index contributed by atoms with van der Waals surface area (Å²) in [5, 5.41) is 12.6. The van der Waals surface area contributed by atoms with Gasteiger partial charge in [-0.15, -0.1) is 0 Å². The first kappa shape index (κ1) is 21.9. The Kier molecular flexibility index (Phi) is 6.14. The van der Waals surface area contributed by atoms with E-state index in [2.05, 4.69) is 15.5 Å². The number of primary sulfonamides is 1. The van der Waals surface area contributed by atoms with E-state index in [4.69, 9.17) is 14.4 Å². The highest BCUT2D eigenvalue weighted by molar-refractivity contribution is 7.89. The second kappa shape index (κ2) is 8.68. The Hall–Kier alpha value is -2.30. The van der Waals surface area contributed by atoms with Gasteiger partial charge in [-0.2, -0.15) is 4.98 Å². The average molecular weight is 449 g/mol. The van der Waals surface area contributed by atoms with E-state index < -0.39 is 15.6 Å². The molecule has 2 aromatic rings. The molecular weight excluding hydrogens is 420 g/mol. The molecule has 1 aliphatic heterocycles. The maximum absolute atomic E-state index is 13.2. The van der Waals surface area contributed by atoms with Gasteiger partial charge in [0, 0.05) is 12.2 Å². The third kappa shape index (κ3) is 4.65. The van der Waals surface area contributed by atoms with Gasteiger partial charge in [0.15, 0.2) is 5.82 Å². The van der Waals surface area contributed by atoms with Crippen LogP contribution in [0.25, 0.3) is 0 Å². The van der Waals surface area contributed by atoms with Gasteiger partial charge in [0.2, 0.25) is 10.0 Å². The number of rotatable bonds is 5. The molecule has 2 heterocycles. The molecule has 3 N–H and O–H groups in total. The van der Waals surface area contributed by atoms with Gasteiger partial charge in [0.25, 0.3) is 11.8 Å². The summed E-state index contributed by atoms with van der Waals surface area (Å²) < 4.78 is 34.5. The van der Waals surface area contributed by atoms with Gasteiger partial charge in [-0.3, -0.25) is 4.79 Å². The van der Waals surface area contributed by atoms with Gasteiger partial charge in [0.05, 0.1) is 4.90 Å². The number of carbonyl (C=O) groups is 1. The summed E-state index contributed by atoms with van der Waals surface area (Å²) in [6.07, 6.45) is 7.06. The van der Waals surface area contributed by atoms with Crippen LogP contribution in [-0.4, -0.2) is 31.1 Å². The van der Waals surface area contributed by atoms with Crippen molar-refractivity contribution in [3.05, 3.63) is 41.0 Å². The lowest BCUT2D eigenvalue weighted by Crippen LogP contribution is -2.46. The molecular formula is C21H28N4O5S. The molecule has 10 heteroatoms. The number of ether oxygens (including phenoxy) is 1. The zero-order chi connectivity index (χ0) is 22.1. The Bertz CT molecular complexity index is 1050. The molecule has 1 amide bonds. The summed E-state index contributed by atoms with van der Waals surface area (Å²) in [6, 6.07) is 4.37. The largest absolute Gasteiger partial charge is 0.368 e. The highest BCUT2D eigenvalue weighted by Gasteiger charge is 2.40. The number of hydrogen-bond donors (Lipinski definition) is 2. The number of sulfonamides is 1. The zero-order valence-electron chi connectivity index (χ0n) is 17.6. The van der Waals surface area contributed by atoms with Crippen LogP contribution in [0.1, 0.15) is 85.1 Å². The van der Waals surface area contributed by atoms with E-state index in [0.717, 1.165) is 38.5 Å². The van der Waals surface area contributed by atoms with Gasteiger partial charge in [-0.1, -0.05) is 30.8 Å². The van der Waals surface area contributed by atoms with Crippen molar-refractivity contribution >= 4 is 15.9 Å². The molecule has 0 radical (unpaired) electrons. The highest BCUT2D eigenvalue weighted by Crippen LogP contribution is 2.36. The Balaban J connectivity index is 1.62. The molecule has 1 aromatic carbocycles. The van der Waals surface area contributed by atoms with Crippen molar-refractivity contribution in [3.63, 3.8) is 0 Å². The second-order valence-corrected chi connectivity index (χ2v) is 9.96. The second-order valence-electron chi connectivity index (χ2n) is 8.43. The molecule has 1 saturated heterocycles. The smallest absolute Gasteiger partial charge is 0.255 e. The van der Waals surface area contributed by atoms with Gasteiger partial charge in [-0.25, -0.2) is 13.6 Å². The van der Waals surface area contributed by atoms with Crippen LogP contribution in [0.5, 0.6) is 0 Å². The van der Waals surface area contributed by atoms with Crippen LogP contribution < -0.4 is 10.5 Å². The topological polar surface area (TPSA) is 137 Å². The standard InChI is InChI=1S/C21H28N4O5S/c1-14-13-15(8-9-17(14)31(22,27)28)18(26)24-21(10-4-2-3-5-11-21)20-23-19(30-25-20)16-7-6-12-29-16/h8-9,13,16H,2-7,10-12H2,1H3,(H,24,26)(H2,22,27,28). The molecule has 1 saturated carbocycles. The SMILES string of the molecule is Cc1cc(C(=O)NC2(c3noc(C4CCCO4)n3)CCCCCC2)ccc1S(N)(=O)=O. The molecule has 2 aliphatic rings. The number of carbonyl (C=O) groups excluding carboxylic acids is 1.